The van der Waals surface area contributed by atoms with E-state index in [4.69, 9.17) is 24.3 Å². The van der Waals surface area contributed by atoms with Gasteiger partial charge < -0.3 is 35.4 Å². The average molecular weight is 806 g/mol. The second-order valence-corrected chi connectivity index (χ2v) is 16.6. The molecule has 13 nitrogen and oxygen atoms in total. The Kier molecular flexibility index (Phi) is 30.1. The topological polar surface area (TPSA) is 212 Å². The predicted molar refractivity (Wildman–Crippen MR) is 213 cm³/mol. The number of phosphoric ester groups is 1. The molecule has 7 atom stereocenters. The monoisotopic (exact) mass is 806 g/mol. The second kappa shape index (κ2) is 32.3. The third-order valence-electron chi connectivity index (χ3n) is 10.1. The highest BCUT2D eigenvalue weighted by molar-refractivity contribution is 7.47. The molecule has 1 rings (SSSR count). The van der Waals surface area contributed by atoms with Gasteiger partial charge in [0.15, 0.2) is 6.10 Å². The molecule has 0 amide bonds. The number of carbonyl (C=O) groups is 3. The lowest BCUT2D eigenvalue weighted by atomic mass is 9.87. The van der Waals surface area contributed by atoms with Crippen LogP contribution in [0, 0.1) is 11.8 Å². The van der Waals surface area contributed by atoms with Crippen molar-refractivity contribution in [3.05, 3.63) is 12.2 Å². The molecule has 0 aromatic rings. The molecule has 14 heteroatoms. The first-order chi connectivity index (χ1) is 26.4. The van der Waals surface area contributed by atoms with Gasteiger partial charge in [-0.2, -0.15) is 0 Å². The number of hydrogen-bond acceptors (Lipinski definition) is 12. The van der Waals surface area contributed by atoms with Gasteiger partial charge in [-0.1, -0.05) is 122 Å². The van der Waals surface area contributed by atoms with E-state index >= 15 is 0 Å². The van der Waals surface area contributed by atoms with Gasteiger partial charge >= 0.3 is 19.8 Å². The smallest absolute Gasteiger partial charge is 0.462 e. The zero-order chi connectivity index (χ0) is 40.7. The SMILES string of the molecule is CCCCCCCCCCCCCCCC(=O)OC[C@H](COP(=O)(O)OCCN)OC(=O)CCCCC(=O)C[C@@H]1[C@@H](/C=C/[C@@H](O)CCCCC)[C@H](O)C[C@@H]1O. The number of nitrogens with two attached hydrogens (primary N) is 1. The van der Waals surface area contributed by atoms with Crippen molar-refractivity contribution < 1.29 is 57.7 Å². The fourth-order valence-corrected chi connectivity index (χ4v) is 7.63. The number of hydrogen-bond donors (Lipinski definition) is 5. The Bertz CT molecular complexity index is 1090. The first-order valence-corrected chi connectivity index (χ1v) is 22.8. The number of carbonyl (C=O) groups excluding carboxylic acids is 3. The van der Waals surface area contributed by atoms with Gasteiger partial charge in [0.05, 0.1) is 31.5 Å². The molecular weight excluding hydrogens is 729 g/mol. The summed E-state index contributed by atoms with van der Waals surface area (Å²) < 4.78 is 32.6. The standard InChI is InChI=1S/C41H76NO12P/c1-3-5-7-8-9-10-11-12-13-14-15-16-18-23-40(47)51-31-35(32-53-55(49,50)52-28-27-42)54-41(48)24-20-19-22-34(44)29-37-36(38(45)30-39(37)46)26-25-33(43)21-17-6-4-2/h25-26,33,35-39,43,45-46H,3-24,27-32,42H2,1-2H3,(H,49,50)/b26-25+/t33-,35+,36+,37+,38+,39-/m0/s1. The second-order valence-electron chi connectivity index (χ2n) is 15.2. The van der Waals surface area contributed by atoms with Gasteiger partial charge in [0.25, 0.3) is 0 Å². The van der Waals surface area contributed by atoms with E-state index in [1.54, 1.807) is 12.2 Å². The van der Waals surface area contributed by atoms with Crippen LogP contribution in [-0.4, -0.2) is 88.7 Å². The van der Waals surface area contributed by atoms with Crippen LogP contribution in [0.25, 0.3) is 0 Å². The minimum absolute atomic E-state index is 0.00418. The van der Waals surface area contributed by atoms with Crippen molar-refractivity contribution in [2.24, 2.45) is 17.6 Å². The molecule has 1 aliphatic rings. The molecule has 0 spiro atoms. The van der Waals surface area contributed by atoms with Crippen molar-refractivity contribution in [2.45, 2.75) is 192 Å². The summed E-state index contributed by atoms with van der Waals surface area (Å²) in [7, 11) is -4.48. The third-order valence-corrected chi connectivity index (χ3v) is 11.1. The molecule has 0 radical (unpaired) electrons. The van der Waals surface area contributed by atoms with Crippen LogP contribution >= 0.6 is 7.82 Å². The highest BCUT2D eigenvalue weighted by Crippen LogP contribution is 2.43. The van der Waals surface area contributed by atoms with Crippen LogP contribution in [0.2, 0.25) is 0 Å². The van der Waals surface area contributed by atoms with Gasteiger partial charge in [0, 0.05) is 50.5 Å². The Morgan fingerprint density at radius 2 is 1.29 bits per heavy atom. The normalized spacial score (nSPS) is 20.7. The van der Waals surface area contributed by atoms with Gasteiger partial charge in [0.2, 0.25) is 0 Å². The van der Waals surface area contributed by atoms with E-state index in [1.807, 2.05) is 0 Å². The largest absolute Gasteiger partial charge is 0.472 e. The summed E-state index contributed by atoms with van der Waals surface area (Å²) in [5.41, 5.74) is 5.33. The van der Waals surface area contributed by atoms with Crippen LogP contribution in [0.1, 0.15) is 168 Å². The highest BCUT2D eigenvalue weighted by Gasteiger charge is 2.41. The molecule has 0 bridgehead atoms. The molecule has 1 aliphatic carbocycles. The van der Waals surface area contributed by atoms with Crippen LogP contribution in [0.3, 0.4) is 0 Å². The zero-order valence-electron chi connectivity index (χ0n) is 34.0. The van der Waals surface area contributed by atoms with Crippen LogP contribution in [0.15, 0.2) is 12.2 Å². The average Bonchev–Trinajstić information content (AvgIpc) is 3.41. The number of Topliss-reactive ketones (excluding diaryl/α,β-unsaturated/α-hetero) is 1. The van der Waals surface area contributed by atoms with Gasteiger partial charge in [-0.05, 0) is 25.7 Å². The molecule has 1 saturated carbocycles. The fraction of sp³-hybridized carbons (Fsp3) is 0.878. The molecule has 0 aliphatic heterocycles. The maximum absolute atomic E-state index is 12.8. The van der Waals surface area contributed by atoms with Crippen molar-refractivity contribution in [3.8, 4) is 0 Å². The summed E-state index contributed by atoms with van der Waals surface area (Å²) in [5, 5.41) is 31.3. The van der Waals surface area contributed by atoms with Gasteiger partial charge in [0.1, 0.15) is 12.4 Å². The zero-order valence-corrected chi connectivity index (χ0v) is 34.9. The summed E-state index contributed by atoms with van der Waals surface area (Å²) in [4.78, 5) is 47.8. The minimum Gasteiger partial charge on any atom is -0.462 e. The summed E-state index contributed by atoms with van der Waals surface area (Å²) in [6.07, 6.45) is 20.2. The summed E-state index contributed by atoms with van der Waals surface area (Å²) in [6, 6.07) is 0. The Labute approximate surface area is 331 Å². The number of ether oxygens (including phenoxy) is 2. The van der Waals surface area contributed by atoms with E-state index in [2.05, 4.69) is 13.8 Å². The Hall–Kier alpha value is -1.70. The maximum Gasteiger partial charge on any atom is 0.472 e. The molecule has 0 aromatic heterocycles. The van der Waals surface area contributed by atoms with Crippen molar-refractivity contribution >= 4 is 25.5 Å². The van der Waals surface area contributed by atoms with Gasteiger partial charge in [-0.3, -0.25) is 23.4 Å². The number of aliphatic hydroxyl groups excluding tert-OH is 3. The Morgan fingerprint density at radius 1 is 0.745 bits per heavy atom. The van der Waals surface area contributed by atoms with Crippen molar-refractivity contribution in [1.29, 1.82) is 0 Å². The van der Waals surface area contributed by atoms with E-state index in [0.717, 1.165) is 38.5 Å². The number of esters is 2. The van der Waals surface area contributed by atoms with Crippen LogP contribution in [-0.2, 0) is 37.5 Å². The number of phosphoric acid groups is 1. The van der Waals surface area contributed by atoms with Crippen molar-refractivity contribution in [3.63, 3.8) is 0 Å². The fourth-order valence-electron chi connectivity index (χ4n) is 6.87. The van der Waals surface area contributed by atoms with Crippen LogP contribution in [0.5, 0.6) is 0 Å². The van der Waals surface area contributed by atoms with E-state index in [0.29, 0.717) is 25.7 Å². The quantitative estimate of drug-likeness (QED) is 0.0181. The number of unbranched alkanes of at least 4 members (excludes halogenated alkanes) is 15. The van der Waals surface area contributed by atoms with Crippen LogP contribution in [0.4, 0.5) is 0 Å². The third kappa shape index (κ3) is 26.8. The van der Waals surface area contributed by atoms with Crippen LogP contribution < -0.4 is 5.73 Å². The highest BCUT2D eigenvalue weighted by atomic mass is 31.2. The molecule has 55 heavy (non-hydrogen) atoms. The van der Waals surface area contributed by atoms with Crippen molar-refractivity contribution in [2.75, 3.05) is 26.4 Å². The number of rotatable bonds is 36. The molecule has 6 N–H and O–H groups in total. The van der Waals surface area contributed by atoms with E-state index < -0.39 is 62.6 Å². The van der Waals surface area contributed by atoms with E-state index in [9.17, 15) is 39.2 Å². The van der Waals surface area contributed by atoms with Gasteiger partial charge in [-0.15, -0.1) is 0 Å². The summed E-state index contributed by atoms with van der Waals surface area (Å²) in [5.74, 6) is -2.12. The molecule has 0 saturated heterocycles. The minimum atomic E-state index is -4.48. The first-order valence-electron chi connectivity index (χ1n) is 21.3. The van der Waals surface area contributed by atoms with E-state index in [-0.39, 0.29) is 57.6 Å². The van der Waals surface area contributed by atoms with Crippen molar-refractivity contribution in [1.82, 2.24) is 0 Å². The Balaban J connectivity index is 2.45. The van der Waals surface area contributed by atoms with E-state index in [1.165, 1.54) is 57.8 Å². The molecule has 1 unspecified atom stereocenters. The molecule has 0 heterocycles. The molecular formula is C41H76NO12P. The summed E-state index contributed by atoms with van der Waals surface area (Å²) >= 11 is 0. The number of aliphatic hydroxyl groups is 3. The maximum atomic E-state index is 12.8. The number of ketones is 1. The predicted octanol–water partition coefficient (Wildman–Crippen LogP) is 7.39. The van der Waals surface area contributed by atoms with Gasteiger partial charge in [-0.25, -0.2) is 4.57 Å². The lowest BCUT2D eigenvalue weighted by Gasteiger charge is -2.20. The summed E-state index contributed by atoms with van der Waals surface area (Å²) in [6.45, 7) is 3.19. The lowest BCUT2D eigenvalue weighted by molar-refractivity contribution is -0.161. The molecule has 0 aromatic carbocycles. The first kappa shape index (κ1) is 51.3. The molecule has 322 valence electrons. The Morgan fingerprint density at radius 3 is 1.91 bits per heavy atom. The molecule has 1 fully saturated rings. The lowest BCUT2D eigenvalue weighted by Crippen LogP contribution is -2.29.